The van der Waals surface area contributed by atoms with Crippen LogP contribution in [0.2, 0.25) is 0 Å². The molecule has 0 aliphatic carbocycles. The number of benzene rings is 1. The van der Waals surface area contributed by atoms with Gasteiger partial charge in [0.1, 0.15) is 18.1 Å². The SMILES string of the molecule is CNC1COc2cc(OCc3ncon3)ccc21. The van der Waals surface area contributed by atoms with Gasteiger partial charge in [0.25, 0.3) is 0 Å². The fourth-order valence-electron chi connectivity index (χ4n) is 1.92. The molecule has 0 saturated carbocycles. The van der Waals surface area contributed by atoms with Crippen molar-refractivity contribution in [3.05, 3.63) is 36.0 Å². The molecule has 0 saturated heterocycles. The normalized spacial score (nSPS) is 17.3. The van der Waals surface area contributed by atoms with Crippen molar-refractivity contribution in [3.8, 4) is 11.5 Å². The Hall–Kier alpha value is -2.08. The van der Waals surface area contributed by atoms with Gasteiger partial charge in [0.15, 0.2) is 6.61 Å². The van der Waals surface area contributed by atoms with Crippen LogP contribution in [-0.4, -0.2) is 23.8 Å². The number of rotatable bonds is 4. The average Bonchev–Trinajstić information content (AvgIpc) is 3.05. The zero-order valence-electron chi connectivity index (χ0n) is 9.92. The number of hydrogen-bond acceptors (Lipinski definition) is 6. The molecule has 1 N–H and O–H groups in total. The van der Waals surface area contributed by atoms with Crippen LogP contribution < -0.4 is 14.8 Å². The molecule has 1 unspecified atom stereocenters. The van der Waals surface area contributed by atoms with Crippen molar-refractivity contribution in [3.63, 3.8) is 0 Å². The Balaban J connectivity index is 1.71. The van der Waals surface area contributed by atoms with Crippen LogP contribution in [0.25, 0.3) is 0 Å². The molecule has 6 nitrogen and oxygen atoms in total. The molecule has 1 aromatic heterocycles. The molecular formula is C12H13N3O3. The van der Waals surface area contributed by atoms with Crippen molar-refractivity contribution in [2.75, 3.05) is 13.7 Å². The number of nitrogens with one attached hydrogen (secondary N) is 1. The predicted molar refractivity (Wildman–Crippen MR) is 62.4 cm³/mol. The molecule has 1 aliphatic heterocycles. The molecule has 1 aromatic carbocycles. The van der Waals surface area contributed by atoms with Crippen LogP contribution >= 0.6 is 0 Å². The van der Waals surface area contributed by atoms with Gasteiger partial charge < -0.3 is 19.3 Å². The Labute approximate surface area is 104 Å². The van der Waals surface area contributed by atoms with Crippen LogP contribution in [0.1, 0.15) is 17.4 Å². The first-order valence-electron chi connectivity index (χ1n) is 5.69. The van der Waals surface area contributed by atoms with Gasteiger partial charge in [-0.25, -0.2) is 0 Å². The van der Waals surface area contributed by atoms with Crippen molar-refractivity contribution in [1.82, 2.24) is 15.5 Å². The molecule has 0 bridgehead atoms. The molecular weight excluding hydrogens is 234 g/mol. The van der Waals surface area contributed by atoms with Crippen molar-refractivity contribution in [2.24, 2.45) is 0 Å². The van der Waals surface area contributed by atoms with Gasteiger partial charge >= 0.3 is 0 Å². The molecule has 3 rings (SSSR count). The van der Waals surface area contributed by atoms with E-state index in [-0.39, 0.29) is 12.6 Å². The second kappa shape index (κ2) is 4.66. The smallest absolute Gasteiger partial charge is 0.213 e. The largest absolute Gasteiger partial charge is 0.491 e. The lowest BCUT2D eigenvalue weighted by Gasteiger charge is -2.07. The van der Waals surface area contributed by atoms with Crippen LogP contribution in [0.5, 0.6) is 11.5 Å². The topological polar surface area (TPSA) is 69.4 Å². The first kappa shape index (κ1) is 11.0. The summed E-state index contributed by atoms with van der Waals surface area (Å²) in [5.74, 6) is 2.11. The van der Waals surface area contributed by atoms with E-state index in [1.807, 2.05) is 25.2 Å². The quantitative estimate of drug-likeness (QED) is 0.878. The van der Waals surface area contributed by atoms with Crippen molar-refractivity contribution in [1.29, 1.82) is 0 Å². The van der Waals surface area contributed by atoms with Gasteiger partial charge in [0.05, 0.1) is 6.04 Å². The van der Waals surface area contributed by atoms with E-state index in [4.69, 9.17) is 9.47 Å². The molecule has 94 valence electrons. The molecule has 1 aliphatic rings. The lowest BCUT2D eigenvalue weighted by Crippen LogP contribution is -2.17. The Kier molecular flexibility index (Phi) is 2.85. The molecule has 18 heavy (non-hydrogen) atoms. The van der Waals surface area contributed by atoms with Gasteiger partial charge in [-0.3, -0.25) is 0 Å². The maximum atomic E-state index is 5.59. The van der Waals surface area contributed by atoms with E-state index in [0.717, 1.165) is 17.1 Å². The molecule has 6 heteroatoms. The van der Waals surface area contributed by atoms with E-state index in [0.29, 0.717) is 12.4 Å². The molecule has 0 amide bonds. The third-order valence-corrected chi connectivity index (χ3v) is 2.89. The lowest BCUT2D eigenvalue weighted by atomic mass is 10.1. The highest BCUT2D eigenvalue weighted by atomic mass is 16.5. The fourth-order valence-corrected chi connectivity index (χ4v) is 1.92. The predicted octanol–water partition coefficient (Wildman–Crippen LogP) is 1.30. The second-order valence-electron chi connectivity index (χ2n) is 3.99. The van der Waals surface area contributed by atoms with Gasteiger partial charge in [-0.1, -0.05) is 5.16 Å². The van der Waals surface area contributed by atoms with Crippen LogP contribution in [0, 0.1) is 0 Å². The summed E-state index contributed by atoms with van der Waals surface area (Å²) in [6, 6.07) is 6.06. The molecule has 2 heterocycles. The Morgan fingerprint density at radius 2 is 2.44 bits per heavy atom. The highest BCUT2D eigenvalue weighted by Crippen LogP contribution is 2.35. The van der Waals surface area contributed by atoms with E-state index < -0.39 is 0 Å². The first-order chi connectivity index (χ1) is 8.86. The number of fused-ring (bicyclic) bond motifs is 1. The highest BCUT2D eigenvalue weighted by Gasteiger charge is 2.22. The van der Waals surface area contributed by atoms with Crippen LogP contribution in [-0.2, 0) is 6.61 Å². The van der Waals surface area contributed by atoms with Crippen molar-refractivity contribution >= 4 is 0 Å². The molecule has 0 radical (unpaired) electrons. The maximum Gasteiger partial charge on any atom is 0.213 e. The number of hydrogen-bond donors (Lipinski definition) is 1. The summed E-state index contributed by atoms with van der Waals surface area (Å²) in [6.07, 6.45) is 1.28. The molecule has 0 fully saturated rings. The second-order valence-corrected chi connectivity index (χ2v) is 3.99. The number of ether oxygens (including phenoxy) is 2. The summed E-state index contributed by atoms with van der Waals surface area (Å²) >= 11 is 0. The minimum atomic E-state index is 0.256. The van der Waals surface area contributed by atoms with Gasteiger partial charge in [-0.2, -0.15) is 4.98 Å². The Morgan fingerprint density at radius 3 is 3.22 bits per heavy atom. The van der Waals surface area contributed by atoms with Gasteiger partial charge in [0.2, 0.25) is 12.2 Å². The summed E-state index contributed by atoms with van der Waals surface area (Å²) < 4.78 is 15.8. The Bertz CT molecular complexity index is 527. The van der Waals surface area contributed by atoms with E-state index in [1.54, 1.807) is 0 Å². The zero-order valence-corrected chi connectivity index (χ0v) is 9.92. The van der Waals surface area contributed by atoms with Gasteiger partial charge in [-0.05, 0) is 19.2 Å². The minimum Gasteiger partial charge on any atom is -0.491 e. The number of nitrogens with zero attached hydrogens (tertiary/aromatic N) is 2. The maximum absolute atomic E-state index is 5.59. The monoisotopic (exact) mass is 247 g/mol. The fraction of sp³-hybridized carbons (Fsp3) is 0.333. The van der Waals surface area contributed by atoms with E-state index in [2.05, 4.69) is 20.0 Å². The molecule has 0 spiro atoms. The van der Waals surface area contributed by atoms with Crippen LogP contribution in [0.4, 0.5) is 0 Å². The van der Waals surface area contributed by atoms with Gasteiger partial charge in [-0.15, -0.1) is 0 Å². The lowest BCUT2D eigenvalue weighted by molar-refractivity contribution is 0.283. The van der Waals surface area contributed by atoms with Crippen molar-refractivity contribution < 1.29 is 14.0 Å². The minimum absolute atomic E-state index is 0.256. The summed E-state index contributed by atoms with van der Waals surface area (Å²) in [7, 11) is 1.92. The van der Waals surface area contributed by atoms with Crippen molar-refractivity contribution in [2.45, 2.75) is 12.6 Å². The zero-order chi connectivity index (χ0) is 12.4. The summed E-state index contributed by atoms with van der Waals surface area (Å²) in [6.45, 7) is 0.935. The van der Waals surface area contributed by atoms with E-state index in [1.165, 1.54) is 6.39 Å². The van der Waals surface area contributed by atoms with E-state index in [9.17, 15) is 0 Å². The molecule has 2 aromatic rings. The van der Waals surface area contributed by atoms with Gasteiger partial charge in [0, 0.05) is 11.6 Å². The summed E-state index contributed by atoms with van der Waals surface area (Å²) in [4.78, 5) is 3.89. The van der Waals surface area contributed by atoms with Crippen LogP contribution in [0.3, 0.4) is 0 Å². The first-order valence-corrected chi connectivity index (χ1v) is 5.69. The molecule has 1 atom stereocenters. The third kappa shape index (κ3) is 2.02. The summed E-state index contributed by atoms with van der Waals surface area (Å²) in [5, 5.41) is 6.87. The Morgan fingerprint density at radius 1 is 1.50 bits per heavy atom. The highest BCUT2D eigenvalue weighted by molar-refractivity contribution is 5.44. The summed E-state index contributed by atoms with van der Waals surface area (Å²) in [5.41, 5.74) is 1.16. The number of likely N-dealkylation sites (N-methyl/N-ethyl adjacent to an activating group) is 1. The standard InChI is InChI=1S/C12H13N3O3/c1-13-10-5-17-11-4-8(2-3-9(10)11)16-6-12-14-7-18-15-12/h2-4,7,10,13H,5-6H2,1H3. The third-order valence-electron chi connectivity index (χ3n) is 2.89. The van der Waals surface area contributed by atoms with Crippen LogP contribution in [0.15, 0.2) is 29.1 Å². The number of aromatic nitrogens is 2. The van der Waals surface area contributed by atoms with E-state index >= 15 is 0 Å². The average molecular weight is 247 g/mol.